The zero-order valence-electron chi connectivity index (χ0n) is 9.19. The van der Waals surface area contributed by atoms with Crippen LogP contribution in [0, 0.1) is 0 Å². The molecule has 82 valence electrons. The van der Waals surface area contributed by atoms with Crippen molar-refractivity contribution in [2.75, 3.05) is 13.2 Å². The minimum Gasteiger partial charge on any atom is -0.460 e. The van der Waals surface area contributed by atoms with Gasteiger partial charge in [0.25, 0.3) is 0 Å². The molecule has 0 amide bonds. The lowest BCUT2D eigenvalue weighted by molar-refractivity contribution is 0.0473. The summed E-state index contributed by atoms with van der Waals surface area (Å²) in [7, 11) is 0. The molecule has 1 aromatic rings. The van der Waals surface area contributed by atoms with Gasteiger partial charge < -0.3 is 10.1 Å². The van der Waals surface area contributed by atoms with Gasteiger partial charge in [-0.3, -0.25) is 0 Å². The van der Waals surface area contributed by atoms with Crippen LogP contribution in [-0.2, 0) is 4.74 Å². The van der Waals surface area contributed by atoms with Gasteiger partial charge in [-0.25, -0.2) is 4.79 Å². The fourth-order valence-electron chi connectivity index (χ4n) is 1.27. The summed E-state index contributed by atoms with van der Waals surface area (Å²) in [5.74, 6) is -0.264. The first-order valence-electron chi connectivity index (χ1n) is 5.19. The second kappa shape index (κ2) is 6.19. The Labute approximate surface area is 90.4 Å². The van der Waals surface area contributed by atoms with Crippen molar-refractivity contribution in [3.05, 3.63) is 35.9 Å². The van der Waals surface area contributed by atoms with Crippen molar-refractivity contribution in [1.29, 1.82) is 0 Å². The van der Waals surface area contributed by atoms with E-state index in [4.69, 9.17) is 4.74 Å². The largest absolute Gasteiger partial charge is 0.460 e. The first-order valence-corrected chi connectivity index (χ1v) is 5.19. The lowest BCUT2D eigenvalue weighted by atomic mass is 10.2. The van der Waals surface area contributed by atoms with E-state index in [2.05, 4.69) is 5.32 Å². The molecule has 0 radical (unpaired) electrons. The molecule has 0 saturated heterocycles. The van der Waals surface area contributed by atoms with E-state index >= 15 is 0 Å². The summed E-state index contributed by atoms with van der Waals surface area (Å²) < 4.78 is 5.14. The maximum atomic E-state index is 11.5. The van der Waals surface area contributed by atoms with Crippen LogP contribution < -0.4 is 5.32 Å². The second-order valence-corrected chi connectivity index (χ2v) is 3.42. The van der Waals surface area contributed by atoms with Crippen molar-refractivity contribution in [3.63, 3.8) is 0 Å². The molecule has 0 aliphatic heterocycles. The molecule has 1 aromatic carbocycles. The molecule has 1 N–H and O–H groups in total. The Morgan fingerprint density at radius 2 is 2.07 bits per heavy atom. The third-order valence-electron chi connectivity index (χ3n) is 2.03. The Morgan fingerprint density at radius 3 is 2.67 bits per heavy atom. The molecule has 3 nitrogen and oxygen atoms in total. The number of carbonyl (C=O) groups is 1. The second-order valence-electron chi connectivity index (χ2n) is 3.42. The number of ether oxygens (including phenoxy) is 1. The number of hydrogen-bond acceptors (Lipinski definition) is 3. The van der Waals surface area contributed by atoms with Crippen LogP contribution >= 0.6 is 0 Å². The molecule has 3 heteroatoms. The van der Waals surface area contributed by atoms with Crippen molar-refractivity contribution in [2.45, 2.75) is 19.9 Å². The molecule has 0 aliphatic carbocycles. The summed E-state index contributed by atoms with van der Waals surface area (Å²) in [5.41, 5.74) is 0.598. The standard InChI is InChI=1S/C12H17NO2/c1-3-13-10(2)9-15-12(14)11-7-5-4-6-8-11/h4-8,10,13H,3,9H2,1-2H3/t10-/m0/s1. The van der Waals surface area contributed by atoms with Gasteiger partial charge in [-0.1, -0.05) is 25.1 Å². The van der Waals surface area contributed by atoms with E-state index < -0.39 is 0 Å². The molecule has 0 saturated carbocycles. The number of likely N-dealkylation sites (N-methyl/N-ethyl adjacent to an activating group) is 1. The number of carbonyl (C=O) groups excluding carboxylic acids is 1. The third-order valence-corrected chi connectivity index (χ3v) is 2.03. The molecule has 0 spiro atoms. The van der Waals surface area contributed by atoms with Gasteiger partial charge in [0, 0.05) is 6.04 Å². The maximum Gasteiger partial charge on any atom is 0.338 e. The molecule has 0 heterocycles. The average molecular weight is 207 g/mol. The Bertz CT molecular complexity index is 298. The lowest BCUT2D eigenvalue weighted by Crippen LogP contribution is -2.31. The van der Waals surface area contributed by atoms with Gasteiger partial charge in [0.2, 0.25) is 0 Å². The Hall–Kier alpha value is -1.35. The summed E-state index contributed by atoms with van der Waals surface area (Å²) in [6, 6.07) is 9.22. The molecular weight excluding hydrogens is 190 g/mol. The average Bonchev–Trinajstić information content (AvgIpc) is 2.27. The van der Waals surface area contributed by atoms with Gasteiger partial charge in [-0.05, 0) is 25.6 Å². The van der Waals surface area contributed by atoms with E-state index in [0.717, 1.165) is 6.54 Å². The Morgan fingerprint density at radius 1 is 1.40 bits per heavy atom. The molecule has 15 heavy (non-hydrogen) atoms. The fraction of sp³-hybridized carbons (Fsp3) is 0.417. The SMILES string of the molecule is CCN[C@@H](C)COC(=O)c1ccccc1. The minimum absolute atomic E-state index is 0.197. The van der Waals surface area contributed by atoms with E-state index in [-0.39, 0.29) is 12.0 Å². The Kier molecular flexibility index (Phi) is 4.84. The molecule has 0 aromatic heterocycles. The van der Waals surface area contributed by atoms with Gasteiger partial charge in [-0.15, -0.1) is 0 Å². The molecule has 0 fully saturated rings. The molecule has 1 rings (SSSR count). The summed E-state index contributed by atoms with van der Waals surface area (Å²) >= 11 is 0. The van der Waals surface area contributed by atoms with Gasteiger partial charge >= 0.3 is 5.97 Å². The van der Waals surface area contributed by atoms with Gasteiger partial charge in [0.15, 0.2) is 0 Å². The molecule has 0 unspecified atom stereocenters. The van der Waals surface area contributed by atoms with E-state index in [0.29, 0.717) is 12.2 Å². The topological polar surface area (TPSA) is 38.3 Å². The highest BCUT2D eigenvalue weighted by atomic mass is 16.5. The number of hydrogen-bond donors (Lipinski definition) is 1. The van der Waals surface area contributed by atoms with Crippen LogP contribution in [0.4, 0.5) is 0 Å². The predicted molar refractivity (Wildman–Crippen MR) is 59.9 cm³/mol. The van der Waals surface area contributed by atoms with Crippen molar-refractivity contribution in [1.82, 2.24) is 5.32 Å². The van der Waals surface area contributed by atoms with E-state index in [1.165, 1.54) is 0 Å². The highest BCUT2D eigenvalue weighted by Gasteiger charge is 2.07. The van der Waals surface area contributed by atoms with Crippen LogP contribution in [0.5, 0.6) is 0 Å². The van der Waals surface area contributed by atoms with Crippen molar-refractivity contribution < 1.29 is 9.53 Å². The molecule has 1 atom stereocenters. The number of esters is 1. The summed E-state index contributed by atoms with van der Waals surface area (Å²) in [6.07, 6.45) is 0. The lowest BCUT2D eigenvalue weighted by Gasteiger charge is -2.12. The summed E-state index contributed by atoms with van der Waals surface area (Å²) in [4.78, 5) is 11.5. The van der Waals surface area contributed by atoms with E-state index in [1.54, 1.807) is 12.1 Å². The zero-order valence-corrected chi connectivity index (χ0v) is 9.19. The molecule has 0 aliphatic rings. The highest BCUT2D eigenvalue weighted by Crippen LogP contribution is 2.01. The normalized spacial score (nSPS) is 12.1. The summed E-state index contributed by atoms with van der Waals surface area (Å²) in [6.45, 7) is 5.29. The number of rotatable bonds is 5. The van der Waals surface area contributed by atoms with E-state index in [9.17, 15) is 4.79 Å². The van der Waals surface area contributed by atoms with Crippen LogP contribution in [0.3, 0.4) is 0 Å². The summed E-state index contributed by atoms with van der Waals surface area (Å²) in [5, 5.41) is 3.18. The van der Waals surface area contributed by atoms with Crippen LogP contribution in [0.25, 0.3) is 0 Å². The quantitative estimate of drug-likeness (QED) is 0.749. The van der Waals surface area contributed by atoms with Crippen LogP contribution in [0.15, 0.2) is 30.3 Å². The van der Waals surface area contributed by atoms with Crippen molar-refractivity contribution in [2.24, 2.45) is 0 Å². The number of benzene rings is 1. The smallest absolute Gasteiger partial charge is 0.338 e. The monoisotopic (exact) mass is 207 g/mol. The first kappa shape index (κ1) is 11.7. The van der Waals surface area contributed by atoms with Crippen LogP contribution in [0.2, 0.25) is 0 Å². The molecular formula is C12H17NO2. The van der Waals surface area contributed by atoms with Crippen molar-refractivity contribution in [3.8, 4) is 0 Å². The molecule has 0 bridgehead atoms. The minimum atomic E-state index is -0.264. The Balaban J connectivity index is 2.37. The first-order chi connectivity index (χ1) is 7.24. The fourth-order valence-corrected chi connectivity index (χ4v) is 1.27. The van der Waals surface area contributed by atoms with Crippen LogP contribution in [0.1, 0.15) is 24.2 Å². The van der Waals surface area contributed by atoms with Crippen LogP contribution in [-0.4, -0.2) is 25.2 Å². The van der Waals surface area contributed by atoms with Crippen molar-refractivity contribution >= 4 is 5.97 Å². The third kappa shape index (κ3) is 4.13. The maximum absolute atomic E-state index is 11.5. The van der Waals surface area contributed by atoms with Gasteiger partial charge in [0.05, 0.1) is 5.56 Å². The zero-order chi connectivity index (χ0) is 11.1. The van der Waals surface area contributed by atoms with Gasteiger partial charge in [-0.2, -0.15) is 0 Å². The van der Waals surface area contributed by atoms with E-state index in [1.807, 2.05) is 32.0 Å². The van der Waals surface area contributed by atoms with Gasteiger partial charge in [0.1, 0.15) is 6.61 Å². The predicted octanol–water partition coefficient (Wildman–Crippen LogP) is 1.84. The highest BCUT2D eigenvalue weighted by molar-refractivity contribution is 5.89. The number of nitrogens with one attached hydrogen (secondary N) is 1.